The zero-order valence-electron chi connectivity index (χ0n) is 15.3. The Labute approximate surface area is 158 Å². The lowest BCUT2D eigenvalue weighted by Gasteiger charge is -2.40. The van der Waals surface area contributed by atoms with Crippen LogP contribution >= 0.6 is 11.8 Å². The molecular weight excluding hydrogens is 350 g/mol. The molecule has 2 aromatic carbocycles. The van der Waals surface area contributed by atoms with E-state index >= 15 is 0 Å². The fourth-order valence-corrected chi connectivity index (χ4v) is 3.65. The summed E-state index contributed by atoms with van der Waals surface area (Å²) in [6.45, 7) is 4.78. The third-order valence-corrected chi connectivity index (χ3v) is 5.12. The molecule has 0 aliphatic carbocycles. The SMILES string of the molecule is CSc1cc(F)cc([C@H](C2CNC2)C(C)(C)F)c1.N#Cc1ccccc1. The molecule has 138 valence electrons. The first-order chi connectivity index (χ1) is 12.3. The zero-order valence-corrected chi connectivity index (χ0v) is 16.1. The van der Waals surface area contributed by atoms with E-state index in [1.54, 1.807) is 26.0 Å². The van der Waals surface area contributed by atoms with Gasteiger partial charge in [0.2, 0.25) is 0 Å². The lowest BCUT2D eigenvalue weighted by Crippen LogP contribution is -2.49. The number of halogens is 2. The maximum atomic E-state index is 14.4. The van der Waals surface area contributed by atoms with Crippen LogP contribution in [0.4, 0.5) is 8.78 Å². The number of nitriles is 1. The van der Waals surface area contributed by atoms with Crippen molar-refractivity contribution in [3.8, 4) is 6.07 Å². The number of hydrogen-bond acceptors (Lipinski definition) is 3. The van der Waals surface area contributed by atoms with Crippen molar-refractivity contribution in [2.24, 2.45) is 5.92 Å². The Morgan fingerprint density at radius 2 is 1.85 bits per heavy atom. The van der Waals surface area contributed by atoms with Crippen LogP contribution in [0.5, 0.6) is 0 Å². The van der Waals surface area contributed by atoms with Gasteiger partial charge in [0, 0.05) is 10.8 Å². The summed E-state index contributed by atoms with van der Waals surface area (Å²) in [5, 5.41) is 11.4. The molecule has 2 nitrogen and oxygen atoms in total. The molecule has 0 amide bonds. The van der Waals surface area contributed by atoms with Crippen molar-refractivity contribution in [2.75, 3.05) is 19.3 Å². The van der Waals surface area contributed by atoms with Gasteiger partial charge in [-0.2, -0.15) is 5.26 Å². The van der Waals surface area contributed by atoms with E-state index in [-0.39, 0.29) is 17.7 Å². The van der Waals surface area contributed by atoms with Gasteiger partial charge in [-0.1, -0.05) is 18.2 Å². The largest absolute Gasteiger partial charge is 0.316 e. The molecule has 0 bridgehead atoms. The van der Waals surface area contributed by atoms with Crippen molar-refractivity contribution >= 4 is 11.8 Å². The van der Waals surface area contributed by atoms with Crippen LogP contribution in [0, 0.1) is 23.1 Å². The smallest absolute Gasteiger partial charge is 0.124 e. The molecule has 26 heavy (non-hydrogen) atoms. The Bertz CT molecular complexity index is 747. The summed E-state index contributed by atoms with van der Waals surface area (Å²) in [4.78, 5) is 0.853. The lowest BCUT2D eigenvalue weighted by molar-refractivity contribution is 0.107. The molecule has 0 unspecified atom stereocenters. The first-order valence-corrected chi connectivity index (χ1v) is 9.77. The zero-order chi connectivity index (χ0) is 19.2. The summed E-state index contributed by atoms with van der Waals surface area (Å²) < 4.78 is 28.0. The second-order valence-corrected chi connectivity index (χ2v) is 7.74. The van der Waals surface area contributed by atoms with E-state index in [1.165, 1.54) is 23.9 Å². The topological polar surface area (TPSA) is 35.8 Å². The molecule has 1 atom stereocenters. The molecule has 5 heteroatoms. The third kappa shape index (κ3) is 5.55. The molecule has 1 saturated heterocycles. The Morgan fingerprint density at radius 1 is 1.19 bits per heavy atom. The minimum atomic E-state index is -1.34. The number of hydrogen-bond donors (Lipinski definition) is 1. The molecule has 0 aromatic heterocycles. The van der Waals surface area contributed by atoms with E-state index in [0.29, 0.717) is 5.56 Å². The van der Waals surface area contributed by atoms with E-state index in [1.807, 2.05) is 36.6 Å². The lowest BCUT2D eigenvalue weighted by atomic mass is 9.74. The average Bonchev–Trinajstić information content (AvgIpc) is 2.57. The third-order valence-electron chi connectivity index (χ3n) is 4.42. The molecule has 0 saturated carbocycles. The van der Waals surface area contributed by atoms with Crippen LogP contribution in [0.1, 0.15) is 30.9 Å². The first kappa shape index (κ1) is 20.4. The maximum Gasteiger partial charge on any atom is 0.124 e. The highest BCUT2D eigenvalue weighted by Crippen LogP contribution is 2.40. The monoisotopic (exact) mass is 374 g/mol. The fourth-order valence-electron chi connectivity index (χ4n) is 3.17. The number of alkyl halides is 1. The number of benzene rings is 2. The molecule has 0 spiro atoms. The van der Waals surface area contributed by atoms with Crippen molar-refractivity contribution in [3.63, 3.8) is 0 Å². The van der Waals surface area contributed by atoms with E-state index in [4.69, 9.17) is 5.26 Å². The van der Waals surface area contributed by atoms with Gasteiger partial charge in [-0.25, -0.2) is 8.78 Å². The van der Waals surface area contributed by atoms with Gasteiger partial charge in [0.15, 0.2) is 0 Å². The van der Waals surface area contributed by atoms with Crippen molar-refractivity contribution in [1.29, 1.82) is 5.26 Å². The van der Waals surface area contributed by atoms with Gasteiger partial charge >= 0.3 is 0 Å². The van der Waals surface area contributed by atoms with Crippen LogP contribution in [-0.2, 0) is 0 Å². The molecule has 0 radical (unpaired) electrons. The van der Waals surface area contributed by atoms with Gasteiger partial charge in [-0.15, -0.1) is 11.8 Å². The van der Waals surface area contributed by atoms with Crippen molar-refractivity contribution in [3.05, 3.63) is 65.5 Å². The molecular formula is C21H24F2N2S. The van der Waals surface area contributed by atoms with Gasteiger partial charge in [0.05, 0.1) is 11.6 Å². The average molecular weight is 375 g/mol. The van der Waals surface area contributed by atoms with Gasteiger partial charge < -0.3 is 5.32 Å². The molecule has 1 heterocycles. The van der Waals surface area contributed by atoms with Crippen LogP contribution in [-0.4, -0.2) is 25.0 Å². The van der Waals surface area contributed by atoms with Crippen molar-refractivity contribution in [2.45, 2.75) is 30.3 Å². The minimum absolute atomic E-state index is 0.250. The standard InChI is InChI=1S/C14H19F2NS.C7H5N/c1-14(2,16)13(10-7-17-8-10)9-4-11(15)6-12(5-9)18-3;8-6-7-4-2-1-3-5-7/h4-6,10,13,17H,7-8H2,1-3H3;1-5H/t13-;/m1./s1. The summed E-state index contributed by atoms with van der Waals surface area (Å²) in [6, 6.07) is 16.1. The quantitative estimate of drug-likeness (QED) is 0.751. The number of nitrogens with one attached hydrogen (secondary N) is 1. The highest BCUT2D eigenvalue weighted by molar-refractivity contribution is 7.98. The second-order valence-electron chi connectivity index (χ2n) is 6.86. The minimum Gasteiger partial charge on any atom is -0.316 e. The Hall–Kier alpha value is -1.90. The summed E-state index contributed by atoms with van der Waals surface area (Å²) >= 11 is 1.48. The van der Waals surface area contributed by atoms with Crippen LogP contribution in [0.15, 0.2) is 53.4 Å². The molecule has 2 aromatic rings. The fraction of sp³-hybridized carbons (Fsp3) is 0.381. The summed E-state index contributed by atoms with van der Waals surface area (Å²) in [7, 11) is 0. The van der Waals surface area contributed by atoms with Gasteiger partial charge in [-0.05, 0) is 75.0 Å². The van der Waals surface area contributed by atoms with Gasteiger partial charge in [0.25, 0.3) is 0 Å². The Kier molecular flexibility index (Phi) is 7.19. The first-order valence-electron chi connectivity index (χ1n) is 8.54. The van der Waals surface area contributed by atoms with Crippen LogP contribution in [0.3, 0.4) is 0 Å². The van der Waals surface area contributed by atoms with Gasteiger partial charge in [0.1, 0.15) is 11.5 Å². The van der Waals surface area contributed by atoms with Crippen molar-refractivity contribution in [1.82, 2.24) is 5.32 Å². The van der Waals surface area contributed by atoms with E-state index in [0.717, 1.165) is 23.5 Å². The summed E-state index contributed by atoms with van der Waals surface area (Å²) in [5.74, 6) is -0.278. The van der Waals surface area contributed by atoms with E-state index in [2.05, 4.69) is 5.32 Å². The number of nitrogens with zero attached hydrogens (tertiary/aromatic N) is 1. The molecule has 3 rings (SSSR count). The highest BCUT2D eigenvalue weighted by atomic mass is 32.2. The molecule has 1 N–H and O–H groups in total. The van der Waals surface area contributed by atoms with Crippen LogP contribution in [0.25, 0.3) is 0 Å². The van der Waals surface area contributed by atoms with E-state index in [9.17, 15) is 8.78 Å². The normalized spacial score (nSPS) is 15.2. The highest BCUT2D eigenvalue weighted by Gasteiger charge is 2.40. The summed E-state index contributed by atoms with van der Waals surface area (Å²) in [6.07, 6.45) is 1.90. The second kappa shape index (κ2) is 9.16. The molecule has 1 aliphatic heterocycles. The predicted octanol–water partition coefficient (Wildman–Crippen LogP) is 5.16. The van der Waals surface area contributed by atoms with Crippen LogP contribution < -0.4 is 5.32 Å². The molecule has 1 fully saturated rings. The maximum absolute atomic E-state index is 14.4. The Morgan fingerprint density at radius 3 is 2.27 bits per heavy atom. The number of rotatable bonds is 4. The number of thioether (sulfide) groups is 1. The van der Waals surface area contributed by atoms with Gasteiger partial charge in [-0.3, -0.25) is 0 Å². The van der Waals surface area contributed by atoms with E-state index < -0.39 is 5.67 Å². The van der Waals surface area contributed by atoms with Crippen molar-refractivity contribution < 1.29 is 8.78 Å². The predicted molar refractivity (Wildman–Crippen MR) is 104 cm³/mol. The van der Waals surface area contributed by atoms with Crippen LogP contribution in [0.2, 0.25) is 0 Å². The summed E-state index contributed by atoms with van der Waals surface area (Å²) in [5.41, 5.74) is 0.154. The Balaban J connectivity index is 0.000000254. The molecule has 1 aliphatic rings.